The van der Waals surface area contributed by atoms with Crippen molar-refractivity contribution in [1.29, 1.82) is 0 Å². The van der Waals surface area contributed by atoms with Crippen molar-refractivity contribution < 1.29 is 9.53 Å². The van der Waals surface area contributed by atoms with E-state index in [0.717, 1.165) is 5.56 Å². The van der Waals surface area contributed by atoms with E-state index >= 15 is 0 Å². The van der Waals surface area contributed by atoms with Gasteiger partial charge in [0.05, 0.1) is 7.11 Å². The summed E-state index contributed by atoms with van der Waals surface area (Å²) in [6, 6.07) is 9.56. The van der Waals surface area contributed by atoms with Gasteiger partial charge in [-0.3, -0.25) is 4.68 Å². The molecule has 0 aliphatic rings. The third-order valence-electron chi connectivity index (χ3n) is 2.28. The van der Waals surface area contributed by atoms with Crippen LogP contribution in [0.5, 0.6) is 0 Å². The highest BCUT2D eigenvalue weighted by molar-refractivity contribution is 5.95. The van der Waals surface area contributed by atoms with Crippen molar-refractivity contribution in [3.63, 3.8) is 0 Å². The molecule has 0 spiro atoms. The minimum Gasteiger partial charge on any atom is -0.465 e. The summed E-state index contributed by atoms with van der Waals surface area (Å²) in [5.74, 6) is -0.369. The molecule has 16 heavy (non-hydrogen) atoms. The van der Waals surface area contributed by atoms with Crippen molar-refractivity contribution in [1.82, 2.24) is 9.78 Å². The van der Waals surface area contributed by atoms with E-state index in [0.29, 0.717) is 11.3 Å². The predicted octanol–water partition coefficient (Wildman–Crippen LogP) is 1.87. The van der Waals surface area contributed by atoms with Crippen LogP contribution in [0.25, 0.3) is 11.3 Å². The van der Waals surface area contributed by atoms with E-state index in [2.05, 4.69) is 5.10 Å². The molecule has 0 saturated heterocycles. The number of nitrogens with zero attached hydrogens (tertiary/aromatic N) is 2. The summed E-state index contributed by atoms with van der Waals surface area (Å²) in [4.78, 5) is 11.5. The molecule has 0 saturated carbocycles. The second-order valence-corrected chi connectivity index (χ2v) is 3.42. The van der Waals surface area contributed by atoms with Gasteiger partial charge in [0.25, 0.3) is 0 Å². The summed E-state index contributed by atoms with van der Waals surface area (Å²) in [6.07, 6.45) is 1.66. The topological polar surface area (TPSA) is 44.1 Å². The van der Waals surface area contributed by atoms with Crippen LogP contribution in [0.4, 0.5) is 0 Å². The first kappa shape index (κ1) is 10.4. The normalized spacial score (nSPS) is 10.1. The molecule has 4 heteroatoms. The summed E-state index contributed by atoms with van der Waals surface area (Å²) < 4.78 is 6.33. The lowest BCUT2D eigenvalue weighted by atomic mass is 10.1. The third kappa shape index (κ3) is 1.82. The maximum atomic E-state index is 11.5. The van der Waals surface area contributed by atoms with Gasteiger partial charge in [-0.1, -0.05) is 30.3 Å². The molecule has 1 aromatic carbocycles. The standard InChI is InChI=1S/C12H12N2O2/c1-14-8-10(12(15)16-2)11(13-14)9-6-4-3-5-7-9/h3-8H,1-2H3. The molecule has 0 aliphatic heterocycles. The summed E-state index contributed by atoms with van der Waals surface area (Å²) in [5, 5.41) is 4.27. The van der Waals surface area contributed by atoms with E-state index < -0.39 is 0 Å². The van der Waals surface area contributed by atoms with Crippen LogP contribution in [-0.2, 0) is 11.8 Å². The Morgan fingerprint density at radius 3 is 2.62 bits per heavy atom. The van der Waals surface area contributed by atoms with Gasteiger partial charge in [-0.2, -0.15) is 5.10 Å². The predicted molar refractivity (Wildman–Crippen MR) is 60.0 cm³/mol. The van der Waals surface area contributed by atoms with Gasteiger partial charge in [0, 0.05) is 18.8 Å². The van der Waals surface area contributed by atoms with Crippen molar-refractivity contribution in [3.05, 3.63) is 42.1 Å². The molecular formula is C12H12N2O2. The number of aromatic nitrogens is 2. The minimum atomic E-state index is -0.369. The molecule has 0 aliphatic carbocycles. The molecule has 2 rings (SSSR count). The Kier molecular flexibility index (Phi) is 2.72. The monoisotopic (exact) mass is 216 g/mol. The van der Waals surface area contributed by atoms with E-state index in [1.807, 2.05) is 30.3 Å². The van der Waals surface area contributed by atoms with Crippen LogP contribution < -0.4 is 0 Å². The van der Waals surface area contributed by atoms with E-state index in [1.54, 1.807) is 17.9 Å². The number of carbonyl (C=O) groups is 1. The van der Waals surface area contributed by atoms with Crippen LogP contribution in [0.1, 0.15) is 10.4 Å². The molecule has 82 valence electrons. The number of methoxy groups -OCH3 is 1. The molecule has 0 bridgehead atoms. The fourth-order valence-electron chi connectivity index (χ4n) is 1.56. The fourth-order valence-corrected chi connectivity index (χ4v) is 1.56. The smallest absolute Gasteiger partial charge is 0.341 e. The Morgan fingerprint density at radius 1 is 1.31 bits per heavy atom. The van der Waals surface area contributed by atoms with Crippen LogP contribution in [0, 0.1) is 0 Å². The molecule has 0 amide bonds. The Hall–Kier alpha value is -2.10. The first-order valence-electron chi connectivity index (χ1n) is 4.89. The number of benzene rings is 1. The first-order chi connectivity index (χ1) is 7.72. The molecule has 0 radical (unpaired) electrons. The lowest BCUT2D eigenvalue weighted by Crippen LogP contribution is -2.01. The zero-order chi connectivity index (χ0) is 11.5. The van der Waals surface area contributed by atoms with E-state index in [-0.39, 0.29) is 5.97 Å². The highest BCUT2D eigenvalue weighted by Gasteiger charge is 2.16. The van der Waals surface area contributed by atoms with E-state index in [1.165, 1.54) is 7.11 Å². The average Bonchev–Trinajstić information content (AvgIpc) is 2.71. The number of aryl methyl sites for hydroxylation is 1. The highest BCUT2D eigenvalue weighted by Crippen LogP contribution is 2.21. The second-order valence-electron chi connectivity index (χ2n) is 3.42. The number of rotatable bonds is 2. The van der Waals surface area contributed by atoms with Crippen molar-refractivity contribution in [2.45, 2.75) is 0 Å². The van der Waals surface area contributed by atoms with Gasteiger partial charge in [-0.15, -0.1) is 0 Å². The summed E-state index contributed by atoms with van der Waals surface area (Å²) >= 11 is 0. The maximum Gasteiger partial charge on any atom is 0.341 e. The summed E-state index contributed by atoms with van der Waals surface area (Å²) in [7, 11) is 3.14. The fraction of sp³-hybridized carbons (Fsp3) is 0.167. The van der Waals surface area contributed by atoms with Gasteiger partial charge in [-0.25, -0.2) is 4.79 Å². The molecule has 1 heterocycles. The van der Waals surface area contributed by atoms with Crippen LogP contribution >= 0.6 is 0 Å². The third-order valence-corrected chi connectivity index (χ3v) is 2.28. The van der Waals surface area contributed by atoms with Crippen LogP contribution in [0.2, 0.25) is 0 Å². The first-order valence-corrected chi connectivity index (χ1v) is 4.89. The lowest BCUT2D eigenvalue weighted by Gasteiger charge is -1.99. The summed E-state index contributed by atoms with van der Waals surface area (Å²) in [6.45, 7) is 0. The SMILES string of the molecule is COC(=O)c1cn(C)nc1-c1ccccc1. The number of esters is 1. The van der Waals surface area contributed by atoms with Crippen LogP contribution in [0.3, 0.4) is 0 Å². The largest absolute Gasteiger partial charge is 0.465 e. The number of carbonyl (C=O) groups excluding carboxylic acids is 1. The minimum absolute atomic E-state index is 0.369. The Morgan fingerprint density at radius 2 is 2.00 bits per heavy atom. The molecule has 0 fully saturated rings. The molecule has 2 aromatic rings. The molecule has 4 nitrogen and oxygen atoms in total. The second kappa shape index (κ2) is 4.18. The molecular weight excluding hydrogens is 204 g/mol. The number of hydrogen-bond acceptors (Lipinski definition) is 3. The van der Waals surface area contributed by atoms with Crippen molar-refractivity contribution in [3.8, 4) is 11.3 Å². The van der Waals surface area contributed by atoms with E-state index in [9.17, 15) is 4.79 Å². The zero-order valence-electron chi connectivity index (χ0n) is 9.18. The quantitative estimate of drug-likeness (QED) is 0.720. The van der Waals surface area contributed by atoms with Gasteiger partial charge >= 0.3 is 5.97 Å². The van der Waals surface area contributed by atoms with Gasteiger partial charge < -0.3 is 4.74 Å². The van der Waals surface area contributed by atoms with Crippen molar-refractivity contribution >= 4 is 5.97 Å². The summed E-state index contributed by atoms with van der Waals surface area (Å²) in [5.41, 5.74) is 2.04. The van der Waals surface area contributed by atoms with Gasteiger partial charge in [0.1, 0.15) is 11.3 Å². The molecule has 0 atom stereocenters. The van der Waals surface area contributed by atoms with Gasteiger partial charge in [-0.05, 0) is 0 Å². The average molecular weight is 216 g/mol. The Bertz CT molecular complexity index is 503. The van der Waals surface area contributed by atoms with Crippen LogP contribution in [0.15, 0.2) is 36.5 Å². The number of hydrogen-bond donors (Lipinski definition) is 0. The highest BCUT2D eigenvalue weighted by atomic mass is 16.5. The zero-order valence-corrected chi connectivity index (χ0v) is 9.18. The molecule has 1 aromatic heterocycles. The van der Waals surface area contributed by atoms with Gasteiger partial charge in [0.2, 0.25) is 0 Å². The van der Waals surface area contributed by atoms with Crippen molar-refractivity contribution in [2.24, 2.45) is 7.05 Å². The van der Waals surface area contributed by atoms with Gasteiger partial charge in [0.15, 0.2) is 0 Å². The van der Waals surface area contributed by atoms with E-state index in [4.69, 9.17) is 4.74 Å². The maximum absolute atomic E-state index is 11.5. The van der Waals surface area contributed by atoms with Crippen molar-refractivity contribution in [2.75, 3.05) is 7.11 Å². The molecule has 0 N–H and O–H groups in total. The van der Waals surface area contributed by atoms with Crippen LogP contribution in [-0.4, -0.2) is 22.9 Å². The Balaban J connectivity index is 2.53. The number of ether oxygens (including phenoxy) is 1. The molecule has 0 unspecified atom stereocenters. The Labute approximate surface area is 93.5 Å². The lowest BCUT2D eigenvalue weighted by molar-refractivity contribution is 0.0601.